The number of nitriles is 1. The second kappa shape index (κ2) is 9.03. The van der Waals surface area contributed by atoms with Crippen LogP contribution in [0.5, 0.6) is 5.75 Å². The molecule has 1 aliphatic heterocycles. The zero-order valence-electron chi connectivity index (χ0n) is 15.8. The van der Waals surface area contributed by atoms with Crippen molar-refractivity contribution in [3.63, 3.8) is 0 Å². The van der Waals surface area contributed by atoms with Gasteiger partial charge in [-0.05, 0) is 55.5 Å². The van der Waals surface area contributed by atoms with Crippen LogP contribution in [-0.2, 0) is 4.79 Å². The molecular weight excluding hydrogens is 358 g/mol. The van der Waals surface area contributed by atoms with Gasteiger partial charge in [0.25, 0.3) is 0 Å². The number of nitrogens with zero attached hydrogens (tertiary/aromatic N) is 2. The number of rotatable bonds is 5. The number of benzene rings is 1. The normalized spacial score (nSPS) is 18.9. The van der Waals surface area contributed by atoms with E-state index in [1.807, 2.05) is 24.4 Å². The molecule has 2 heterocycles. The number of anilines is 1. The number of hydrogen-bond acceptors (Lipinski definition) is 5. The lowest BCUT2D eigenvalue weighted by molar-refractivity contribution is -0.121. The van der Waals surface area contributed by atoms with E-state index in [4.69, 9.17) is 10.00 Å². The van der Waals surface area contributed by atoms with E-state index in [1.54, 1.807) is 13.2 Å². The van der Waals surface area contributed by atoms with Gasteiger partial charge in [0.05, 0.1) is 18.7 Å². The molecule has 1 N–H and O–H groups in total. The Hall–Kier alpha value is -2.36. The summed E-state index contributed by atoms with van der Waals surface area (Å²) in [5.74, 6) is 0.779. The van der Waals surface area contributed by atoms with E-state index < -0.39 is 0 Å². The molecule has 0 spiro atoms. The third-order valence-corrected chi connectivity index (χ3v) is 6.02. The molecule has 0 bridgehead atoms. The quantitative estimate of drug-likeness (QED) is 0.821. The van der Waals surface area contributed by atoms with Crippen LogP contribution >= 0.6 is 11.3 Å². The molecule has 2 aromatic rings. The maximum absolute atomic E-state index is 12.9. The molecule has 1 aromatic heterocycles. The minimum atomic E-state index is -0.274. The molecule has 1 amide bonds. The summed E-state index contributed by atoms with van der Waals surface area (Å²) in [5, 5.41) is 14.6. The highest BCUT2D eigenvalue weighted by molar-refractivity contribution is 7.14. The minimum absolute atomic E-state index is 0.0608. The fraction of sp³-hybridized carbons (Fsp3) is 0.429. The van der Waals surface area contributed by atoms with Crippen LogP contribution in [0.25, 0.3) is 0 Å². The lowest BCUT2D eigenvalue weighted by atomic mass is 9.99. The van der Waals surface area contributed by atoms with E-state index >= 15 is 0 Å². The van der Waals surface area contributed by atoms with Crippen LogP contribution in [-0.4, -0.2) is 30.5 Å². The number of likely N-dealkylation sites (tertiary alicyclic amines) is 1. The molecule has 2 atom stereocenters. The van der Waals surface area contributed by atoms with Gasteiger partial charge in [0, 0.05) is 6.04 Å². The van der Waals surface area contributed by atoms with Crippen molar-refractivity contribution >= 4 is 22.2 Å². The predicted octanol–water partition coefficient (Wildman–Crippen LogP) is 4.57. The van der Waals surface area contributed by atoms with Gasteiger partial charge in [-0.15, -0.1) is 11.3 Å². The molecular formula is C21H25N3O2S. The predicted molar refractivity (Wildman–Crippen MR) is 108 cm³/mol. The van der Waals surface area contributed by atoms with Gasteiger partial charge in [-0.25, -0.2) is 0 Å². The maximum atomic E-state index is 12.9. The maximum Gasteiger partial charge on any atom is 0.242 e. The first-order valence-electron chi connectivity index (χ1n) is 9.32. The van der Waals surface area contributed by atoms with Crippen molar-refractivity contribution in [2.24, 2.45) is 0 Å². The molecule has 1 aliphatic rings. The van der Waals surface area contributed by atoms with Crippen molar-refractivity contribution in [1.29, 1.82) is 5.26 Å². The summed E-state index contributed by atoms with van der Waals surface area (Å²) >= 11 is 1.39. The monoisotopic (exact) mass is 383 g/mol. The summed E-state index contributed by atoms with van der Waals surface area (Å²) in [6.07, 6.45) is 4.46. The number of amides is 1. The first-order valence-corrected chi connectivity index (χ1v) is 10.2. The van der Waals surface area contributed by atoms with E-state index in [0.717, 1.165) is 31.6 Å². The topological polar surface area (TPSA) is 65.4 Å². The second-order valence-corrected chi connectivity index (χ2v) is 7.73. The first kappa shape index (κ1) is 19.4. The largest absolute Gasteiger partial charge is 0.497 e. The van der Waals surface area contributed by atoms with Crippen molar-refractivity contribution in [3.8, 4) is 11.8 Å². The van der Waals surface area contributed by atoms with E-state index in [-0.39, 0.29) is 18.0 Å². The Morgan fingerprint density at radius 3 is 2.78 bits per heavy atom. The average molecular weight is 384 g/mol. The van der Waals surface area contributed by atoms with Gasteiger partial charge in [-0.1, -0.05) is 25.0 Å². The Bertz CT molecular complexity index is 810. The van der Waals surface area contributed by atoms with Crippen molar-refractivity contribution in [1.82, 2.24) is 4.90 Å². The number of carbonyl (C=O) groups excluding carboxylic acids is 1. The number of carbonyl (C=O) groups is 1. The number of ether oxygens (including phenoxy) is 1. The van der Waals surface area contributed by atoms with Gasteiger partial charge in [-0.3, -0.25) is 9.69 Å². The van der Waals surface area contributed by atoms with Crippen LogP contribution in [0.1, 0.15) is 49.8 Å². The summed E-state index contributed by atoms with van der Waals surface area (Å²) in [5.41, 5.74) is 1.73. The van der Waals surface area contributed by atoms with Crippen LogP contribution in [0.4, 0.5) is 5.00 Å². The van der Waals surface area contributed by atoms with E-state index in [9.17, 15) is 4.79 Å². The third-order valence-electron chi connectivity index (χ3n) is 5.19. The summed E-state index contributed by atoms with van der Waals surface area (Å²) in [6, 6.07) is 11.9. The lowest BCUT2D eigenvalue weighted by Gasteiger charge is -2.34. The highest BCUT2D eigenvalue weighted by atomic mass is 32.1. The summed E-state index contributed by atoms with van der Waals surface area (Å²) in [7, 11) is 1.67. The zero-order chi connectivity index (χ0) is 19.2. The van der Waals surface area contributed by atoms with E-state index in [2.05, 4.69) is 28.4 Å². The Balaban J connectivity index is 1.79. The summed E-state index contributed by atoms with van der Waals surface area (Å²) in [6.45, 7) is 2.84. The van der Waals surface area contributed by atoms with Crippen molar-refractivity contribution < 1.29 is 9.53 Å². The Morgan fingerprint density at radius 1 is 1.30 bits per heavy atom. The van der Waals surface area contributed by atoms with Gasteiger partial charge in [-0.2, -0.15) is 5.26 Å². The fourth-order valence-electron chi connectivity index (χ4n) is 3.64. The van der Waals surface area contributed by atoms with E-state index in [1.165, 1.54) is 23.3 Å². The highest BCUT2D eigenvalue weighted by Crippen LogP contribution is 2.33. The number of nitrogens with one attached hydrogen (secondary N) is 1. The van der Waals surface area contributed by atoms with Gasteiger partial charge in [0.15, 0.2) is 0 Å². The Kier molecular flexibility index (Phi) is 6.49. The van der Waals surface area contributed by atoms with Gasteiger partial charge < -0.3 is 10.1 Å². The Morgan fingerprint density at radius 2 is 2.07 bits per heavy atom. The van der Waals surface area contributed by atoms with Crippen molar-refractivity contribution in [2.75, 3.05) is 19.0 Å². The molecule has 0 aliphatic carbocycles. The Labute approximate surface area is 164 Å². The van der Waals surface area contributed by atoms with Crippen LogP contribution < -0.4 is 10.1 Å². The highest BCUT2D eigenvalue weighted by Gasteiger charge is 2.30. The molecule has 27 heavy (non-hydrogen) atoms. The molecule has 0 radical (unpaired) electrons. The summed E-state index contributed by atoms with van der Waals surface area (Å²) < 4.78 is 5.27. The molecule has 3 rings (SSSR count). The molecule has 1 fully saturated rings. The molecule has 5 nitrogen and oxygen atoms in total. The summed E-state index contributed by atoms with van der Waals surface area (Å²) in [4.78, 5) is 15.2. The van der Waals surface area contributed by atoms with Gasteiger partial charge in [0.1, 0.15) is 16.8 Å². The first-order chi connectivity index (χ1) is 13.1. The number of methoxy groups -OCH3 is 1. The van der Waals surface area contributed by atoms with Crippen LogP contribution in [0.2, 0.25) is 0 Å². The van der Waals surface area contributed by atoms with Crippen molar-refractivity contribution in [2.45, 2.75) is 44.7 Å². The zero-order valence-corrected chi connectivity index (χ0v) is 16.6. The molecule has 0 saturated carbocycles. The second-order valence-electron chi connectivity index (χ2n) is 6.82. The lowest BCUT2D eigenvalue weighted by Crippen LogP contribution is -2.44. The molecule has 1 saturated heterocycles. The molecule has 0 unspecified atom stereocenters. The smallest absolute Gasteiger partial charge is 0.242 e. The minimum Gasteiger partial charge on any atom is -0.497 e. The number of hydrogen-bond donors (Lipinski definition) is 1. The van der Waals surface area contributed by atoms with Crippen molar-refractivity contribution in [3.05, 3.63) is 46.8 Å². The van der Waals surface area contributed by atoms with Crippen LogP contribution in [0, 0.1) is 11.3 Å². The van der Waals surface area contributed by atoms with Gasteiger partial charge >= 0.3 is 0 Å². The number of thiophene rings is 1. The van der Waals surface area contributed by atoms with Gasteiger partial charge in [0.2, 0.25) is 5.91 Å². The SMILES string of the molecule is COc1ccc([C@@H]2CCCCCN2[C@H](C)C(=O)Nc2sccc2C#N)cc1. The van der Waals surface area contributed by atoms with Crippen LogP contribution in [0.15, 0.2) is 35.7 Å². The van der Waals surface area contributed by atoms with E-state index in [0.29, 0.717) is 10.6 Å². The standard InChI is InChI=1S/C21H25N3O2S/c1-15(20(25)23-21-17(14-22)11-13-27-21)24-12-5-3-4-6-19(24)16-7-9-18(26-2)10-8-16/h7-11,13,15,19H,3-6,12H2,1-2H3,(H,23,25)/t15-,19+/m1/s1. The fourth-order valence-corrected chi connectivity index (χ4v) is 4.38. The molecule has 142 valence electrons. The molecule has 1 aromatic carbocycles. The average Bonchev–Trinajstić information content (AvgIpc) is 3.00. The molecule has 6 heteroatoms. The van der Waals surface area contributed by atoms with Crippen LogP contribution in [0.3, 0.4) is 0 Å². The third kappa shape index (κ3) is 4.49.